The van der Waals surface area contributed by atoms with Crippen LogP contribution in [0, 0.1) is 0 Å². The minimum absolute atomic E-state index is 0.0244. The molecule has 11 rings (SSSR count). The van der Waals surface area contributed by atoms with Crippen molar-refractivity contribution in [1.29, 1.82) is 0 Å². The molecular formula is C72H78O11Si. The Morgan fingerprint density at radius 2 is 1.14 bits per heavy atom. The molecule has 8 aromatic carbocycles. The van der Waals surface area contributed by atoms with Gasteiger partial charge in [-0.1, -0.05) is 209 Å². The highest BCUT2D eigenvalue weighted by Crippen LogP contribution is 2.56. The van der Waals surface area contributed by atoms with Gasteiger partial charge in [0, 0.05) is 42.4 Å². The number of ether oxygens (including phenoxy) is 7. The van der Waals surface area contributed by atoms with Gasteiger partial charge in [0.05, 0.1) is 54.7 Å². The molecule has 11 nitrogen and oxygen atoms in total. The maximum absolute atomic E-state index is 16.1. The van der Waals surface area contributed by atoms with Crippen LogP contribution >= 0.6 is 0 Å². The smallest absolute Gasteiger partial charge is 0.261 e. The van der Waals surface area contributed by atoms with Crippen molar-refractivity contribution in [2.24, 2.45) is 0 Å². The van der Waals surface area contributed by atoms with E-state index in [4.69, 9.17) is 37.6 Å². The molecule has 2 saturated heterocycles. The van der Waals surface area contributed by atoms with Gasteiger partial charge in [-0.3, -0.25) is 4.79 Å². The van der Waals surface area contributed by atoms with Crippen molar-refractivity contribution >= 4 is 35.2 Å². The number of carbonyl (C=O) groups is 1. The number of fused-ring (bicyclic) bond motifs is 3. The van der Waals surface area contributed by atoms with E-state index in [9.17, 15) is 10.2 Å². The molecule has 3 aliphatic rings. The minimum atomic E-state index is -3.00. The van der Waals surface area contributed by atoms with Gasteiger partial charge in [0.1, 0.15) is 36.1 Å². The second kappa shape index (κ2) is 24.6. The van der Waals surface area contributed by atoms with Crippen LogP contribution < -0.4 is 15.1 Å². The average Bonchev–Trinajstić information content (AvgIpc) is 3.18. The van der Waals surface area contributed by atoms with Gasteiger partial charge >= 0.3 is 0 Å². The molecule has 84 heavy (non-hydrogen) atoms. The van der Waals surface area contributed by atoms with E-state index >= 15 is 4.79 Å². The molecule has 2 aliphatic heterocycles. The Bertz CT molecular complexity index is 3470. The van der Waals surface area contributed by atoms with Crippen LogP contribution in [0.25, 0.3) is 10.8 Å². The van der Waals surface area contributed by atoms with Gasteiger partial charge in [0.25, 0.3) is 8.32 Å². The summed E-state index contributed by atoms with van der Waals surface area (Å²) < 4.78 is 55.7. The van der Waals surface area contributed by atoms with Crippen molar-refractivity contribution in [3.8, 4) is 17.2 Å². The fourth-order valence-electron chi connectivity index (χ4n) is 13.1. The zero-order valence-corrected chi connectivity index (χ0v) is 50.3. The van der Waals surface area contributed by atoms with Crippen molar-refractivity contribution in [1.82, 2.24) is 0 Å². The number of carbonyl (C=O) groups excluding carboxylic acids is 1. The summed E-state index contributed by atoms with van der Waals surface area (Å²) in [4.78, 5) is 16.1. The van der Waals surface area contributed by atoms with E-state index in [1.807, 2.05) is 153 Å². The summed E-state index contributed by atoms with van der Waals surface area (Å²) in [6, 6.07) is 64.6. The number of ketones is 1. The summed E-state index contributed by atoms with van der Waals surface area (Å²) in [5.41, 5.74) is 2.07. The first-order valence-corrected chi connectivity index (χ1v) is 31.4. The van der Waals surface area contributed by atoms with Crippen LogP contribution in [0.15, 0.2) is 194 Å². The summed E-state index contributed by atoms with van der Waals surface area (Å²) in [5.74, 6) is -1.90. The normalized spacial score (nSPS) is 22.0. The topological polar surface area (TPSA) is 131 Å². The molecule has 7 atom stereocenters. The molecule has 0 aromatic heterocycles. The lowest BCUT2D eigenvalue weighted by atomic mass is 9.70. The van der Waals surface area contributed by atoms with E-state index in [-0.39, 0.29) is 64.5 Å². The molecule has 2 fully saturated rings. The molecule has 0 unspecified atom stereocenters. The predicted molar refractivity (Wildman–Crippen MR) is 329 cm³/mol. The first-order valence-electron chi connectivity index (χ1n) is 29.5. The zero-order chi connectivity index (χ0) is 58.7. The first kappa shape index (κ1) is 58.8. The quantitative estimate of drug-likeness (QED) is 0.0527. The highest BCUT2D eigenvalue weighted by Gasteiger charge is 2.64. The molecule has 2 heterocycles. The van der Waals surface area contributed by atoms with Crippen LogP contribution in [0.4, 0.5) is 0 Å². The Labute approximate surface area is 495 Å². The Hall–Kier alpha value is -6.97. The standard InChI is InChI=1S/C72H78O11Si/c1-49-66(77-45-51-28-16-9-17-29-51)60(76-44-50-26-14-8-15-27-50)43-59(81-49)56-38-39-57-62(67(56)78-46-52-30-18-10-19-31-52)65(74)58-42-61-72(83-70(5,6)82-61,68(75)63(58)64(57)73)48-71(7,79-47-53-32-20-11-21-33-53)40-41-80-84(69(2,3)4,54-34-22-12-23-35-54)55-36-24-13-25-37-55/h8-39,49,59-61,66,73-74H,40-48H2,1-7H3/t49-,59-,60-,61-,66-,71+,72-/m1/s1. The lowest BCUT2D eigenvalue weighted by Crippen LogP contribution is -2.66. The second-order valence-electron chi connectivity index (χ2n) is 24.6. The van der Waals surface area contributed by atoms with Gasteiger partial charge in [-0.2, -0.15) is 0 Å². The Balaban J connectivity index is 0.970. The number of benzene rings is 8. The summed E-state index contributed by atoms with van der Waals surface area (Å²) in [5, 5.41) is 28.4. The molecule has 436 valence electrons. The predicted octanol–water partition coefficient (Wildman–Crippen LogP) is 13.8. The highest BCUT2D eigenvalue weighted by molar-refractivity contribution is 6.99. The van der Waals surface area contributed by atoms with Gasteiger partial charge < -0.3 is 47.8 Å². The molecule has 12 heteroatoms. The van der Waals surface area contributed by atoms with E-state index in [0.29, 0.717) is 44.0 Å². The van der Waals surface area contributed by atoms with Crippen molar-refractivity contribution in [2.45, 2.75) is 153 Å². The lowest BCUT2D eigenvalue weighted by molar-refractivity contribution is -0.204. The third kappa shape index (κ3) is 12.0. The van der Waals surface area contributed by atoms with Crippen LogP contribution in [0.2, 0.25) is 5.04 Å². The highest BCUT2D eigenvalue weighted by atomic mass is 28.4. The molecule has 8 aromatic rings. The third-order valence-corrected chi connectivity index (χ3v) is 22.2. The maximum Gasteiger partial charge on any atom is 0.261 e. The number of Topliss-reactive ketones (excluding diaryl/α,β-unsaturated/α-hetero) is 1. The van der Waals surface area contributed by atoms with Gasteiger partial charge in [-0.25, -0.2) is 0 Å². The van der Waals surface area contributed by atoms with Crippen molar-refractivity contribution in [3.63, 3.8) is 0 Å². The Kier molecular flexibility index (Phi) is 17.2. The average molecular weight is 1150 g/mol. The van der Waals surface area contributed by atoms with Crippen LogP contribution in [-0.4, -0.2) is 72.3 Å². The number of phenolic OH excluding ortho intramolecular Hbond substituents is 2. The fourth-order valence-corrected chi connectivity index (χ4v) is 17.7. The number of aromatic hydroxyl groups is 2. The van der Waals surface area contributed by atoms with E-state index in [0.717, 1.165) is 32.6 Å². The minimum Gasteiger partial charge on any atom is -0.507 e. The first-order chi connectivity index (χ1) is 40.5. The number of rotatable bonds is 21. The summed E-state index contributed by atoms with van der Waals surface area (Å²) in [6.45, 7) is 15.8. The monoisotopic (exact) mass is 1150 g/mol. The molecule has 0 radical (unpaired) electrons. The van der Waals surface area contributed by atoms with E-state index in [1.165, 1.54) is 0 Å². The summed E-state index contributed by atoms with van der Waals surface area (Å²) >= 11 is 0. The molecule has 0 spiro atoms. The lowest BCUT2D eigenvalue weighted by Gasteiger charge is -2.45. The maximum atomic E-state index is 16.1. The largest absolute Gasteiger partial charge is 0.507 e. The van der Waals surface area contributed by atoms with E-state index < -0.39 is 61.6 Å². The number of hydrogen-bond acceptors (Lipinski definition) is 11. The van der Waals surface area contributed by atoms with Crippen molar-refractivity contribution in [2.75, 3.05) is 6.61 Å². The molecular weight excluding hydrogens is 1070 g/mol. The Morgan fingerprint density at radius 3 is 1.69 bits per heavy atom. The van der Waals surface area contributed by atoms with Crippen molar-refractivity contribution < 1.29 is 52.6 Å². The Morgan fingerprint density at radius 1 is 0.631 bits per heavy atom. The van der Waals surface area contributed by atoms with E-state index in [2.05, 4.69) is 69.3 Å². The number of hydrogen-bond donors (Lipinski definition) is 2. The van der Waals surface area contributed by atoms with Crippen LogP contribution in [0.5, 0.6) is 17.2 Å². The van der Waals surface area contributed by atoms with Gasteiger partial charge in [0.15, 0.2) is 11.4 Å². The molecule has 2 N–H and O–H groups in total. The van der Waals surface area contributed by atoms with E-state index in [1.54, 1.807) is 19.9 Å². The van der Waals surface area contributed by atoms with Crippen LogP contribution in [0.3, 0.4) is 0 Å². The third-order valence-electron chi connectivity index (χ3n) is 17.1. The van der Waals surface area contributed by atoms with Gasteiger partial charge in [-0.15, -0.1) is 0 Å². The van der Waals surface area contributed by atoms with Crippen molar-refractivity contribution in [3.05, 3.63) is 233 Å². The van der Waals surface area contributed by atoms with Gasteiger partial charge in [0.2, 0.25) is 5.78 Å². The zero-order valence-electron chi connectivity index (χ0n) is 49.3. The summed E-state index contributed by atoms with van der Waals surface area (Å²) in [6.07, 6.45) is -1.92. The van der Waals surface area contributed by atoms with Crippen LogP contribution in [-0.2, 0) is 65.7 Å². The fraction of sp³-hybridized carbons (Fsp3) is 0.347. The summed E-state index contributed by atoms with van der Waals surface area (Å²) in [7, 11) is -3.00. The number of phenols is 2. The molecule has 0 amide bonds. The molecule has 1 aliphatic carbocycles. The van der Waals surface area contributed by atoms with Crippen LogP contribution in [0.1, 0.15) is 118 Å². The SMILES string of the molecule is C[C@H]1O[C@@H](c2ccc3c(O)c4c(c(O)c3c2OCc2ccccc2)C[C@H]2OC(C)(C)O[C@@]2(C[C@](C)(CCO[Si](c2ccccc2)(c2ccccc2)C(C)(C)C)OCc2ccccc2)C4=O)C[C@@H](OCc2ccccc2)[C@@H]1OCc1ccccc1. The molecule has 0 saturated carbocycles. The van der Waals surface area contributed by atoms with Gasteiger partial charge in [-0.05, 0) is 77.8 Å². The second-order valence-corrected chi connectivity index (χ2v) is 28.9. The molecule has 0 bridgehead atoms.